The second-order valence-electron chi connectivity index (χ2n) is 6.93. The molecule has 0 unspecified atom stereocenters. The second kappa shape index (κ2) is 7.57. The minimum absolute atomic E-state index is 0.160. The largest absolute Gasteiger partial charge is 0.497 e. The number of hydrogen-bond donors (Lipinski definition) is 0. The minimum Gasteiger partial charge on any atom is -0.497 e. The standard InChI is InChI=1S/C20H20FN3O4S/c1-28-16-3-5-17(6-4-16)29(26,27)23-10-8-15(9-11-23)24-13-22-19-12-14(21)2-7-18(19)20(24)25/h2-7,12-13,15H,8-11H2,1H3. The Labute approximate surface area is 167 Å². The van der Waals surface area contributed by atoms with Crippen molar-refractivity contribution in [2.24, 2.45) is 0 Å². The highest BCUT2D eigenvalue weighted by molar-refractivity contribution is 7.89. The van der Waals surface area contributed by atoms with E-state index in [-0.39, 0.29) is 16.5 Å². The van der Waals surface area contributed by atoms with E-state index in [4.69, 9.17) is 4.74 Å². The van der Waals surface area contributed by atoms with Gasteiger partial charge in [-0.3, -0.25) is 9.36 Å². The molecule has 3 aromatic rings. The van der Waals surface area contributed by atoms with Gasteiger partial charge in [0.1, 0.15) is 11.6 Å². The van der Waals surface area contributed by atoms with Crippen LogP contribution >= 0.6 is 0 Å². The van der Waals surface area contributed by atoms with Crippen molar-refractivity contribution in [3.8, 4) is 5.75 Å². The number of benzene rings is 2. The summed E-state index contributed by atoms with van der Waals surface area (Å²) in [5.41, 5.74) is 0.0669. The van der Waals surface area contributed by atoms with E-state index in [1.165, 1.54) is 52.6 Å². The third-order valence-corrected chi connectivity index (χ3v) is 7.17. The maximum absolute atomic E-state index is 13.3. The van der Waals surface area contributed by atoms with Crippen molar-refractivity contribution < 1.29 is 17.5 Å². The van der Waals surface area contributed by atoms with Gasteiger partial charge in [0.2, 0.25) is 10.0 Å². The molecule has 7 nitrogen and oxygen atoms in total. The van der Waals surface area contributed by atoms with Gasteiger partial charge in [-0.15, -0.1) is 0 Å². The number of aromatic nitrogens is 2. The van der Waals surface area contributed by atoms with Crippen LogP contribution in [0.1, 0.15) is 18.9 Å². The first-order chi connectivity index (χ1) is 13.9. The van der Waals surface area contributed by atoms with Crippen molar-refractivity contribution in [3.05, 3.63) is 65.0 Å². The highest BCUT2D eigenvalue weighted by Crippen LogP contribution is 2.27. The molecule has 0 saturated carbocycles. The van der Waals surface area contributed by atoms with Crippen LogP contribution in [0.5, 0.6) is 5.75 Å². The first-order valence-corrected chi connectivity index (χ1v) is 10.6. The molecule has 1 aliphatic rings. The summed E-state index contributed by atoms with van der Waals surface area (Å²) in [5.74, 6) is 0.143. The Balaban J connectivity index is 1.53. The Kier molecular flexibility index (Phi) is 5.10. The number of rotatable bonds is 4. The SMILES string of the molecule is COc1ccc(S(=O)(=O)N2CCC(n3cnc4cc(F)ccc4c3=O)CC2)cc1. The summed E-state index contributed by atoms with van der Waals surface area (Å²) in [5, 5.41) is 0.349. The summed E-state index contributed by atoms with van der Waals surface area (Å²) >= 11 is 0. The maximum Gasteiger partial charge on any atom is 0.261 e. The summed E-state index contributed by atoms with van der Waals surface area (Å²) < 4.78 is 47.1. The minimum atomic E-state index is -3.61. The quantitative estimate of drug-likeness (QED) is 0.652. The topological polar surface area (TPSA) is 81.5 Å². The molecule has 152 valence electrons. The third kappa shape index (κ3) is 3.63. The van der Waals surface area contributed by atoms with Crippen molar-refractivity contribution in [2.45, 2.75) is 23.8 Å². The fourth-order valence-electron chi connectivity index (χ4n) is 3.63. The number of ether oxygens (including phenoxy) is 1. The van der Waals surface area contributed by atoms with Gasteiger partial charge in [0, 0.05) is 25.2 Å². The van der Waals surface area contributed by atoms with E-state index in [9.17, 15) is 17.6 Å². The van der Waals surface area contributed by atoms with E-state index < -0.39 is 15.8 Å². The van der Waals surface area contributed by atoms with Crippen molar-refractivity contribution in [3.63, 3.8) is 0 Å². The van der Waals surface area contributed by atoms with Crippen LogP contribution in [0.3, 0.4) is 0 Å². The third-order valence-electron chi connectivity index (χ3n) is 5.26. The van der Waals surface area contributed by atoms with Gasteiger partial charge < -0.3 is 4.74 Å². The lowest BCUT2D eigenvalue weighted by Gasteiger charge is -2.32. The Morgan fingerprint density at radius 3 is 2.45 bits per heavy atom. The van der Waals surface area contributed by atoms with Crippen molar-refractivity contribution >= 4 is 20.9 Å². The van der Waals surface area contributed by atoms with Crippen LogP contribution in [0.2, 0.25) is 0 Å². The molecule has 2 heterocycles. The monoisotopic (exact) mass is 417 g/mol. The number of piperidine rings is 1. The molecule has 0 spiro atoms. The zero-order valence-electron chi connectivity index (χ0n) is 15.8. The highest BCUT2D eigenvalue weighted by atomic mass is 32.2. The first kappa shape index (κ1) is 19.5. The predicted octanol–water partition coefficient (Wildman–Crippen LogP) is 2.57. The van der Waals surface area contributed by atoms with Crippen LogP contribution in [-0.2, 0) is 10.0 Å². The molecule has 0 amide bonds. The smallest absolute Gasteiger partial charge is 0.261 e. The van der Waals surface area contributed by atoms with E-state index in [0.717, 1.165) is 0 Å². The average molecular weight is 417 g/mol. The Hall–Kier alpha value is -2.78. The van der Waals surface area contributed by atoms with E-state index in [1.807, 2.05) is 0 Å². The maximum atomic E-state index is 13.3. The van der Waals surface area contributed by atoms with Crippen LogP contribution in [0, 0.1) is 5.82 Å². The average Bonchev–Trinajstić information content (AvgIpc) is 2.74. The highest BCUT2D eigenvalue weighted by Gasteiger charge is 2.30. The van der Waals surface area contributed by atoms with E-state index in [1.54, 1.807) is 12.1 Å². The molecule has 1 aliphatic heterocycles. The zero-order chi connectivity index (χ0) is 20.6. The van der Waals surface area contributed by atoms with Crippen molar-refractivity contribution in [2.75, 3.05) is 20.2 Å². The van der Waals surface area contributed by atoms with Gasteiger partial charge in [-0.05, 0) is 49.2 Å². The fourth-order valence-corrected chi connectivity index (χ4v) is 5.10. The normalized spacial score (nSPS) is 16.2. The lowest BCUT2D eigenvalue weighted by atomic mass is 10.1. The summed E-state index contributed by atoms with van der Waals surface area (Å²) in [4.78, 5) is 17.2. The molecule has 0 radical (unpaired) electrons. The van der Waals surface area contributed by atoms with Crippen LogP contribution in [0.4, 0.5) is 4.39 Å². The molecule has 0 atom stereocenters. The summed E-state index contributed by atoms with van der Waals surface area (Å²) in [6.07, 6.45) is 2.40. The molecular formula is C20H20FN3O4S. The van der Waals surface area contributed by atoms with Crippen molar-refractivity contribution in [1.82, 2.24) is 13.9 Å². The molecular weight excluding hydrogens is 397 g/mol. The molecule has 29 heavy (non-hydrogen) atoms. The van der Waals surface area contributed by atoms with Gasteiger partial charge in [-0.2, -0.15) is 4.31 Å². The molecule has 2 aromatic carbocycles. The Morgan fingerprint density at radius 1 is 1.10 bits per heavy atom. The van der Waals surface area contributed by atoms with Crippen LogP contribution in [-0.4, -0.2) is 42.5 Å². The van der Waals surface area contributed by atoms with Gasteiger partial charge >= 0.3 is 0 Å². The summed E-state index contributed by atoms with van der Waals surface area (Å²) in [7, 11) is -2.09. The molecule has 1 aromatic heterocycles. The van der Waals surface area contributed by atoms with Gasteiger partial charge in [-0.25, -0.2) is 17.8 Å². The molecule has 4 rings (SSSR count). The molecule has 0 bridgehead atoms. The summed E-state index contributed by atoms with van der Waals surface area (Å²) in [6, 6.07) is 10.0. The van der Waals surface area contributed by atoms with E-state index in [0.29, 0.717) is 42.6 Å². The lowest BCUT2D eigenvalue weighted by molar-refractivity contribution is 0.269. The molecule has 0 N–H and O–H groups in total. The first-order valence-electron chi connectivity index (χ1n) is 9.21. The number of sulfonamides is 1. The van der Waals surface area contributed by atoms with Gasteiger partial charge in [0.25, 0.3) is 5.56 Å². The predicted molar refractivity (Wildman–Crippen MR) is 106 cm³/mol. The molecule has 9 heteroatoms. The van der Waals surface area contributed by atoms with E-state index >= 15 is 0 Å². The fraction of sp³-hybridized carbons (Fsp3) is 0.300. The van der Waals surface area contributed by atoms with Gasteiger partial charge in [0.15, 0.2) is 0 Å². The zero-order valence-corrected chi connectivity index (χ0v) is 16.6. The summed E-state index contributed by atoms with van der Waals surface area (Å²) in [6.45, 7) is 0.597. The van der Waals surface area contributed by atoms with Crippen LogP contribution in [0.15, 0.2) is 58.5 Å². The van der Waals surface area contributed by atoms with Crippen LogP contribution in [0.25, 0.3) is 10.9 Å². The second-order valence-corrected chi connectivity index (χ2v) is 8.87. The molecule has 1 saturated heterocycles. The number of hydrogen-bond acceptors (Lipinski definition) is 5. The number of nitrogens with zero attached hydrogens (tertiary/aromatic N) is 3. The van der Waals surface area contributed by atoms with Gasteiger partial charge in [-0.1, -0.05) is 0 Å². The van der Waals surface area contributed by atoms with Gasteiger partial charge in [0.05, 0.1) is 29.2 Å². The number of fused-ring (bicyclic) bond motifs is 1. The van der Waals surface area contributed by atoms with Crippen molar-refractivity contribution in [1.29, 1.82) is 0 Å². The number of halogens is 1. The van der Waals surface area contributed by atoms with E-state index in [2.05, 4.69) is 4.98 Å². The lowest BCUT2D eigenvalue weighted by Crippen LogP contribution is -2.40. The molecule has 0 aliphatic carbocycles. The Bertz CT molecular complexity index is 1200. The molecule has 1 fully saturated rings. The van der Waals surface area contributed by atoms with Crippen LogP contribution < -0.4 is 10.3 Å². The Morgan fingerprint density at radius 2 is 1.79 bits per heavy atom. The number of methoxy groups -OCH3 is 1.